The summed E-state index contributed by atoms with van der Waals surface area (Å²) < 4.78 is 10.1. The first-order valence-corrected chi connectivity index (χ1v) is 9.15. The number of anilines is 1. The maximum atomic E-state index is 12.2. The van der Waals surface area contributed by atoms with Gasteiger partial charge in [0.15, 0.2) is 11.0 Å². The van der Waals surface area contributed by atoms with Gasteiger partial charge < -0.3 is 9.47 Å². The van der Waals surface area contributed by atoms with Crippen molar-refractivity contribution in [3.05, 3.63) is 45.5 Å². The number of ether oxygens (including phenoxy) is 2. The molecule has 0 bridgehead atoms. The number of benzene rings is 1. The molecule has 0 radical (unpaired) electrons. The van der Waals surface area contributed by atoms with Crippen LogP contribution in [0, 0.1) is 4.91 Å². The Hall–Kier alpha value is -2.39. The van der Waals surface area contributed by atoms with E-state index in [0.717, 1.165) is 5.01 Å². The third-order valence-electron chi connectivity index (χ3n) is 3.32. The van der Waals surface area contributed by atoms with E-state index in [1.165, 1.54) is 25.1 Å². The van der Waals surface area contributed by atoms with E-state index in [9.17, 15) is 9.70 Å². The summed E-state index contributed by atoms with van der Waals surface area (Å²) in [5.41, 5.74) is 0.749. The van der Waals surface area contributed by atoms with Crippen LogP contribution < -0.4 is 9.75 Å². The monoisotopic (exact) mass is 396 g/mol. The SMILES string of the molecule is CCOC(=O)c1cnc(SC)nc1N(Cc1ccc(OC)c(Cl)c1)N=O. The highest BCUT2D eigenvalue weighted by atomic mass is 35.5. The standard InChI is InChI=1S/C16H17ClN4O4S/c1-4-25-15(22)11-8-18-16(26-3)19-14(11)21(20-23)9-10-5-6-13(24-2)12(17)7-10/h5-8H,4,9H2,1-3H3. The smallest absolute Gasteiger partial charge is 0.343 e. The van der Waals surface area contributed by atoms with Gasteiger partial charge in [0, 0.05) is 6.20 Å². The summed E-state index contributed by atoms with van der Waals surface area (Å²) in [6.45, 7) is 1.93. The summed E-state index contributed by atoms with van der Waals surface area (Å²) in [4.78, 5) is 31.9. The lowest BCUT2D eigenvalue weighted by Crippen LogP contribution is -2.21. The van der Waals surface area contributed by atoms with Gasteiger partial charge in [-0.3, -0.25) is 0 Å². The highest BCUT2D eigenvalue weighted by Crippen LogP contribution is 2.28. The Morgan fingerprint density at radius 3 is 2.77 bits per heavy atom. The number of carbonyl (C=O) groups excluding carboxylic acids is 1. The lowest BCUT2D eigenvalue weighted by Gasteiger charge is -2.18. The molecule has 26 heavy (non-hydrogen) atoms. The second-order valence-corrected chi connectivity index (χ2v) is 6.10. The zero-order chi connectivity index (χ0) is 19.1. The Balaban J connectivity index is 2.40. The number of hydrogen-bond donors (Lipinski definition) is 0. The molecule has 0 spiro atoms. The number of hydrogen-bond acceptors (Lipinski definition) is 8. The van der Waals surface area contributed by atoms with Crippen molar-refractivity contribution in [3.63, 3.8) is 0 Å². The number of rotatable bonds is 8. The maximum absolute atomic E-state index is 12.2. The lowest BCUT2D eigenvalue weighted by atomic mass is 10.2. The number of esters is 1. The number of carbonyl (C=O) groups is 1. The predicted octanol–water partition coefficient (Wildman–Crippen LogP) is 3.73. The second-order valence-electron chi connectivity index (χ2n) is 4.92. The molecule has 10 heteroatoms. The number of nitrogens with zero attached hydrogens (tertiary/aromatic N) is 4. The minimum Gasteiger partial charge on any atom is -0.495 e. The van der Waals surface area contributed by atoms with Crippen LogP contribution in [0.1, 0.15) is 22.8 Å². The number of aromatic nitrogens is 2. The van der Waals surface area contributed by atoms with Crippen molar-refractivity contribution in [2.45, 2.75) is 18.6 Å². The van der Waals surface area contributed by atoms with Crippen LogP contribution in [0.2, 0.25) is 5.02 Å². The van der Waals surface area contributed by atoms with Gasteiger partial charge in [-0.05, 0) is 30.9 Å². The van der Waals surface area contributed by atoms with E-state index in [1.54, 1.807) is 31.4 Å². The van der Waals surface area contributed by atoms with E-state index < -0.39 is 5.97 Å². The summed E-state index contributed by atoms with van der Waals surface area (Å²) in [5, 5.41) is 4.86. The molecule has 0 aliphatic carbocycles. The minimum absolute atomic E-state index is 0.0591. The van der Waals surface area contributed by atoms with Crippen LogP contribution in [0.15, 0.2) is 34.8 Å². The summed E-state index contributed by atoms with van der Waals surface area (Å²) in [5.74, 6) is -0.0405. The van der Waals surface area contributed by atoms with Gasteiger partial charge in [0.05, 0.1) is 30.6 Å². The Morgan fingerprint density at radius 1 is 1.42 bits per heavy atom. The Kier molecular flexibility index (Phi) is 7.16. The molecular formula is C16H17ClN4O4S. The topological polar surface area (TPSA) is 94.0 Å². The zero-order valence-electron chi connectivity index (χ0n) is 14.4. The third-order valence-corrected chi connectivity index (χ3v) is 4.17. The van der Waals surface area contributed by atoms with Gasteiger partial charge in [0.2, 0.25) is 0 Å². The summed E-state index contributed by atoms with van der Waals surface area (Å²) in [6, 6.07) is 5.07. The van der Waals surface area contributed by atoms with E-state index in [0.29, 0.717) is 21.5 Å². The van der Waals surface area contributed by atoms with Gasteiger partial charge in [-0.25, -0.2) is 19.8 Å². The van der Waals surface area contributed by atoms with E-state index in [2.05, 4.69) is 15.3 Å². The van der Waals surface area contributed by atoms with Crippen molar-refractivity contribution in [1.29, 1.82) is 0 Å². The van der Waals surface area contributed by atoms with E-state index >= 15 is 0 Å². The summed E-state index contributed by atoms with van der Waals surface area (Å²) in [6.07, 6.45) is 3.11. The highest BCUT2D eigenvalue weighted by Gasteiger charge is 2.22. The molecule has 0 N–H and O–H groups in total. The molecule has 2 aromatic rings. The van der Waals surface area contributed by atoms with Crippen LogP contribution in [-0.2, 0) is 11.3 Å². The molecule has 1 aromatic carbocycles. The first-order chi connectivity index (χ1) is 12.5. The van der Waals surface area contributed by atoms with E-state index in [-0.39, 0.29) is 24.5 Å². The average Bonchev–Trinajstić information content (AvgIpc) is 2.66. The second kappa shape index (κ2) is 9.35. The maximum Gasteiger partial charge on any atom is 0.343 e. The molecule has 1 heterocycles. The Morgan fingerprint density at radius 2 is 2.19 bits per heavy atom. The van der Waals surface area contributed by atoms with Crippen LogP contribution in [0.4, 0.5) is 5.82 Å². The molecule has 8 nitrogen and oxygen atoms in total. The zero-order valence-corrected chi connectivity index (χ0v) is 16.0. The first kappa shape index (κ1) is 19.9. The molecule has 0 fully saturated rings. The van der Waals surface area contributed by atoms with Crippen molar-refractivity contribution in [3.8, 4) is 5.75 Å². The van der Waals surface area contributed by atoms with Crippen molar-refractivity contribution >= 4 is 35.1 Å². The number of nitroso groups, excluding NO2 is 1. The van der Waals surface area contributed by atoms with E-state index in [4.69, 9.17) is 21.1 Å². The Labute approximate surface area is 159 Å². The molecule has 0 amide bonds. The number of halogens is 1. The van der Waals surface area contributed by atoms with Crippen LogP contribution in [0.25, 0.3) is 0 Å². The van der Waals surface area contributed by atoms with Gasteiger partial charge in [0.1, 0.15) is 11.3 Å². The number of thioether (sulfide) groups is 1. The molecule has 0 aliphatic rings. The quantitative estimate of drug-likeness (QED) is 0.219. The van der Waals surface area contributed by atoms with Crippen molar-refractivity contribution in [2.75, 3.05) is 25.0 Å². The van der Waals surface area contributed by atoms with Crippen molar-refractivity contribution in [1.82, 2.24) is 9.97 Å². The molecule has 1 aromatic heterocycles. The minimum atomic E-state index is -0.628. The molecule has 0 atom stereocenters. The average molecular weight is 397 g/mol. The largest absolute Gasteiger partial charge is 0.495 e. The molecule has 2 rings (SSSR count). The normalized spacial score (nSPS) is 10.3. The van der Waals surface area contributed by atoms with E-state index in [1.807, 2.05) is 0 Å². The Bertz CT molecular complexity index is 806. The van der Waals surface area contributed by atoms with Crippen LogP contribution in [0.5, 0.6) is 5.75 Å². The van der Waals surface area contributed by atoms with Gasteiger partial charge in [-0.1, -0.05) is 29.4 Å². The van der Waals surface area contributed by atoms with Gasteiger partial charge >= 0.3 is 5.97 Å². The van der Waals surface area contributed by atoms with Crippen LogP contribution in [-0.4, -0.2) is 35.9 Å². The highest BCUT2D eigenvalue weighted by molar-refractivity contribution is 7.98. The van der Waals surface area contributed by atoms with Crippen molar-refractivity contribution in [2.24, 2.45) is 5.29 Å². The van der Waals surface area contributed by atoms with Crippen LogP contribution >= 0.6 is 23.4 Å². The third kappa shape index (κ3) is 4.61. The lowest BCUT2D eigenvalue weighted by molar-refractivity contribution is 0.0526. The predicted molar refractivity (Wildman–Crippen MR) is 99.8 cm³/mol. The fourth-order valence-electron chi connectivity index (χ4n) is 2.13. The summed E-state index contributed by atoms with van der Waals surface area (Å²) >= 11 is 7.39. The molecular weight excluding hydrogens is 380 g/mol. The van der Waals surface area contributed by atoms with Crippen LogP contribution in [0.3, 0.4) is 0 Å². The molecule has 0 unspecified atom stereocenters. The first-order valence-electron chi connectivity index (χ1n) is 7.55. The molecule has 0 aliphatic heterocycles. The van der Waals surface area contributed by atoms with Gasteiger partial charge in [0.25, 0.3) is 0 Å². The van der Waals surface area contributed by atoms with Crippen molar-refractivity contribution < 1.29 is 14.3 Å². The molecule has 138 valence electrons. The van der Waals surface area contributed by atoms with Gasteiger partial charge in [-0.15, -0.1) is 4.91 Å². The fraction of sp³-hybridized carbons (Fsp3) is 0.312. The molecule has 0 saturated heterocycles. The fourth-order valence-corrected chi connectivity index (χ4v) is 2.74. The summed E-state index contributed by atoms with van der Waals surface area (Å²) in [7, 11) is 1.51. The number of methoxy groups -OCH3 is 1. The molecule has 0 saturated carbocycles. The van der Waals surface area contributed by atoms with Gasteiger partial charge in [-0.2, -0.15) is 0 Å².